The van der Waals surface area contributed by atoms with Crippen molar-refractivity contribution in [3.63, 3.8) is 0 Å². The Balaban J connectivity index is 2.54. The van der Waals surface area contributed by atoms with Crippen LogP contribution in [0.2, 0.25) is 0 Å². The van der Waals surface area contributed by atoms with E-state index in [4.69, 9.17) is 0 Å². The van der Waals surface area contributed by atoms with Crippen LogP contribution in [0.15, 0.2) is 24.3 Å². The SMILES string of the molecule is Cc1ccc([C@@H](C[N+](=O)[O-])[C@@]2([N+](=O)[O-])CCCCC2=O)cc1. The molecule has 0 radical (unpaired) electrons. The molecule has 22 heavy (non-hydrogen) atoms. The number of hydrogen-bond donors (Lipinski definition) is 0. The lowest BCUT2D eigenvalue weighted by molar-refractivity contribution is -0.574. The molecule has 0 N–H and O–H groups in total. The summed E-state index contributed by atoms with van der Waals surface area (Å²) >= 11 is 0. The summed E-state index contributed by atoms with van der Waals surface area (Å²) in [6, 6.07) is 6.81. The number of nitrogens with zero attached hydrogens (tertiary/aromatic N) is 2. The Morgan fingerprint density at radius 2 is 1.82 bits per heavy atom. The molecule has 0 amide bonds. The van der Waals surface area contributed by atoms with Crippen molar-refractivity contribution in [1.82, 2.24) is 0 Å². The van der Waals surface area contributed by atoms with Crippen molar-refractivity contribution in [2.45, 2.75) is 44.1 Å². The number of benzene rings is 1. The van der Waals surface area contributed by atoms with Gasteiger partial charge >= 0.3 is 0 Å². The largest absolute Gasteiger partial charge is 0.292 e. The Morgan fingerprint density at radius 3 is 2.32 bits per heavy atom. The molecule has 0 aromatic heterocycles. The van der Waals surface area contributed by atoms with E-state index in [0.29, 0.717) is 18.4 Å². The zero-order valence-electron chi connectivity index (χ0n) is 12.4. The fourth-order valence-corrected chi connectivity index (χ4v) is 3.20. The quantitative estimate of drug-likeness (QED) is 0.614. The fraction of sp³-hybridized carbons (Fsp3) is 0.533. The van der Waals surface area contributed by atoms with E-state index in [-0.39, 0.29) is 12.8 Å². The molecule has 1 fully saturated rings. The number of aryl methyl sites for hydroxylation is 1. The van der Waals surface area contributed by atoms with Gasteiger partial charge in [-0.25, -0.2) is 0 Å². The zero-order chi connectivity index (χ0) is 16.3. The van der Waals surface area contributed by atoms with E-state index in [1.807, 2.05) is 6.92 Å². The average Bonchev–Trinajstić information content (AvgIpc) is 2.46. The monoisotopic (exact) mass is 306 g/mol. The molecular formula is C15H18N2O5. The minimum absolute atomic E-state index is 0.0607. The molecule has 0 aliphatic heterocycles. The van der Waals surface area contributed by atoms with Crippen molar-refractivity contribution in [2.75, 3.05) is 6.54 Å². The number of ketones is 1. The van der Waals surface area contributed by atoms with Crippen molar-refractivity contribution < 1.29 is 14.6 Å². The number of nitro groups is 2. The third-order valence-corrected chi connectivity index (χ3v) is 4.41. The molecule has 0 unspecified atom stereocenters. The maximum atomic E-state index is 12.4. The molecule has 1 aliphatic rings. The minimum atomic E-state index is -1.87. The maximum absolute atomic E-state index is 12.4. The summed E-state index contributed by atoms with van der Waals surface area (Å²) in [6.45, 7) is 1.25. The van der Waals surface area contributed by atoms with Crippen molar-refractivity contribution >= 4 is 5.78 Å². The lowest BCUT2D eigenvalue weighted by Crippen LogP contribution is -2.54. The van der Waals surface area contributed by atoms with Gasteiger partial charge in [-0.15, -0.1) is 0 Å². The van der Waals surface area contributed by atoms with Crippen LogP contribution in [-0.4, -0.2) is 27.7 Å². The van der Waals surface area contributed by atoms with E-state index >= 15 is 0 Å². The lowest BCUT2D eigenvalue weighted by atomic mass is 9.69. The number of carbonyl (C=O) groups excluding carboxylic acids is 1. The molecule has 0 spiro atoms. The highest BCUT2D eigenvalue weighted by Crippen LogP contribution is 2.40. The number of hydrogen-bond acceptors (Lipinski definition) is 5. The van der Waals surface area contributed by atoms with Gasteiger partial charge in [-0.05, 0) is 25.3 Å². The van der Waals surface area contributed by atoms with Crippen molar-refractivity contribution in [3.8, 4) is 0 Å². The summed E-state index contributed by atoms with van der Waals surface area (Å²) in [5.74, 6) is -1.53. The van der Waals surface area contributed by atoms with Gasteiger partial charge in [-0.1, -0.05) is 29.8 Å². The third kappa shape index (κ3) is 2.84. The highest BCUT2D eigenvalue weighted by Gasteiger charge is 2.59. The molecular weight excluding hydrogens is 288 g/mol. The third-order valence-electron chi connectivity index (χ3n) is 4.41. The Morgan fingerprint density at radius 1 is 1.18 bits per heavy atom. The van der Waals surface area contributed by atoms with Crippen LogP contribution in [0, 0.1) is 27.2 Å². The Bertz CT molecular complexity index is 598. The summed E-state index contributed by atoms with van der Waals surface area (Å²) in [4.78, 5) is 33.9. The molecule has 0 bridgehead atoms. The van der Waals surface area contributed by atoms with Gasteiger partial charge in [0.25, 0.3) is 5.54 Å². The predicted octanol–water partition coefficient (Wildman–Crippen LogP) is 2.51. The highest BCUT2D eigenvalue weighted by molar-refractivity contribution is 5.89. The van der Waals surface area contributed by atoms with Crippen LogP contribution in [0.4, 0.5) is 0 Å². The Kier molecular flexibility index (Phi) is 4.54. The van der Waals surface area contributed by atoms with Crippen LogP contribution in [-0.2, 0) is 4.79 Å². The highest BCUT2D eigenvalue weighted by atomic mass is 16.6. The van der Waals surface area contributed by atoms with Gasteiger partial charge in [-0.2, -0.15) is 0 Å². The molecule has 7 nitrogen and oxygen atoms in total. The first-order valence-corrected chi connectivity index (χ1v) is 7.24. The molecule has 1 aromatic carbocycles. The van der Waals surface area contributed by atoms with Gasteiger partial charge in [0.1, 0.15) is 5.92 Å². The van der Waals surface area contributed by atoms with Crippen molar-refractivity contribution in [2.24, 2.45) is 0 Å². The molecule has 118 valence electrons. The zero-order valence-corrected chi connectivity index (χ0v) is 12.4. The standard InChI is InChI=1S/C15H18N2O5/c1-11-5-7-12(8-6-11)13(10-16(19)20)15(17(21)22)9-3-2-4-14(15)18/h5-8,13H,2-4,9-10H2,1H3/t13-,15+/m1/s1. The van der Waals surface area contributed by atoms with Gasteiger partial charge in [0.2, 0.25) is 12.3 Å². The van der Waals surface area contributed by atoms with E-state index in [9.17, 15) is 25.0 Å². The molecule has 2 rings (SSSR count). The molecule has 1 aliphatic carbocycles. The summed E-state index contributed by atoms with van der Waals surface area (Å²) in [7, 11) is 0. The van der Waals surface area contributed by atoms with Crippen LogP contribution in [0.3, 0.4) is 0 Å². The van der Waals surface area contributed by atoms with Crippen LogP contribution < -0.4 is 0 Å². The number of Topliss-reactive ketones (excluding diaryl/α,β-unsaturated/α-hetero) is 1. The average molecular weight is 306 g/mol. The van der Waals surface area contributed by atoms with Crippen molar-refractivity contribution in [1.29, 1.82) is 0 Å². The summed E-state index contributed by atoms with van der Waals surface area (Å²) in [5.41, 5.74) is -0.441. The van der Waals surface area contributed by atoms with E-state index in [0.717, 1.165) is 5.56 Å². The molecule has 0 heterocycles. The maximum Gasteiger partial charge on any atom is 0.292 e. The van der Waals surface area contributed by atoms with Crippen LogP contribution in [0.1, 0.15) is 42.7 Å². The van der Waals surface area contributed by atoms with E-state index in [1.165, 1.54) is 0 Å². The normalized spacial score (nSPS) is 23.0. The van der Waals surface area contributed by atoms with Crippen LogP contribution in [0.5, 0.6) is 0 Å². The fourth-order valence-electron chi connectivity index (χ4n) is 3.20. The van der Waals surface area contributed by atoms with Crippen LogP contribution in [0.25, 0.3) is 0 Å². The molecule has 7 heteroatoms. The van der Waals surface area contributed by atoms with Gasteiger partial charge in [0.05, 0.1) is 0 Å². The van der Waals surface area contributed by atoms with Gasteiger partial charge in [0.15, 0.2) is 0 Å². The Labute approximate surface area is 127 Å². The van der Waals surface area contributed by atoms with Gasteiger partial charge in [0, 0.05) is 22.7 Å². The predicted molar refractivity (Wildman–Crippen MR) is 79.0 cm³/mol. The Hall–Kier alpha value is -2.31. The van der Waals surface area contributed by atoms with Gasteiger partial charge in [-0.3, -0.25) is 25.0 Å². The molecule has 1 saturated carbocycles. The summed E-state index contributed by atoms with van der Waals surface area (Å²) in [5, 5.41) is 22.7. The summed E-state index contributed by atoms with van der Waals surface area (Å²) < 4.78 is 0. The first kappa shape index (κ1) is 16.1. The molecule has 0 saturated heterocycles. The smallest absolute Gasteiger partial charge is 0.292 e. The molecule has 1 aromatic rings. The van der Waals surface area contributed by atoms with E-state index in [1.54, 1.807) is 24.3 Å². The van der Waals surface area contributed by atoms with E-state index in [2.05, 4.69) is 0 Å². The first-order valence-electron chi connectivity index (χ1n) is 7.24. The number of rotatable bonds is 5. The topological polar surface area (TPSA) is 103 Å². The van der Waals surface area contributed by atoms with Gasteiger partial charge < -0.3 is 0 Å². The minimum Gasteiger partial charge on any atom is -0.292 e. The van der Waals surface area contributed by atoms with E-state index < -0.39 is 33.6 Å². The molecule has 2 atom stereocenters. The summed E-state index contributed by atoms with van der Waals surface area (Å²) in [6.07, 6.45) is 1.31. The second-order valence-electron chi connectivity index (χ2n) is 5.79. The number of carbonyl (C=O) groups is 1. The van der Waals surface area contributed by atoms with Crippen LogP contribution >= 0.6 is 0 Å². The lowest BCUT2D eigenvalue weighted by Gasteiger charge is -2.32. The first-order chi connectivity index (χ1) is 10.4. The second-order valence-corrected chi connectivity index (χ2v) is 5.79. The van der Waals surface area contributed by atoms with Crippen molar-refractivity contribution in [3.05, 3.63) is 55.6 Å². The second kappa shape index (κ2) is 6.21.